The van der Waals surface area contributed by atoms with Gasteiger partial charge in [-0.05, 0) is 43.0 Å². The molecule has 0 bridgehead atoms. The molecule has 2 N–H and O–H groups in total. The molecule has 0 unspecified atom stereocenters. The third-order valence-electron chi connectivity index (χ3n) is 4.20. The van der Waals surface area contributed by atoms with E-state index in [4.69, 9.17) is 14.2 Å². The van der Waals surface area contributed by atoms with E-state index < -0.39 is 5.91 Å². The summed E-state index contributed by atoms with van der Waals surface area (Å²) in [6.45, 7) is 3.64. The molecule has 0 aromatic heterocycles. The summed E-state index contributed by atoms with van der Waals surface area (Å²) in [5.41, 5.74) is 7.50. The number of hydrogen-bond acceptors (Lipinski definition) is 5. The highest BCUT2D eigenvalue weighted by molar-refractivity contribution is 5.83. The van der Waals surface area contributed by atoms with Crippen LogP contribution >= 0.6 is 0 Å². The van der Waals surface area contributed by atoms with E-state index in [1.807, 2.05) is 44.2 Å². The standard InChI is InChI=1S/C21H26N2O5/c1-14-7-5-8-15(2)20(14)28-13-19(25)23-22-18(24)12-11-16-9-6-10-17(26-3)21(16)27-4/h5-10H,11-13H2,1-4H3,(H,22,24)(H,23,25). The summed E-state index contributed by atoms with van der Waals surface area (Å²) in [5.74, 6) is 1.13. The summed E-state index contributed by atoms with van der Waals surface area (Å²) in [7, 11) is 3.11. The molecule has 28 heavy (non-hydrogen) atoms. The number of hydrazine groups is 1. The molecule has 0 saturated heterocycles. The van der Waals surface area contributed by atoms with Gasteiger partial charge in [0.05, 0.1) is 14.2 Å². The van der Waals surface area contributed by atoms with Crippen LogP contribution < -0.4 is 25.1 Å². The third-order valence-corrected chi connectivity index (χ3v) is 4.20. The Morgan fingerprint density at radius 2 is 1.50 bits per heavy atom. The first-order valence-corrected chi connectivity index (χ1v) is 8.92. The van der Waals surface area contributed by atoms with Crippen LogP contribution in [-0.4, -0.2) is 32.6 Å². The van der Waals surface area contributed by atoms with Crippen LogP contribution in [0.15, 0.2) is 36.4 Å². The topological polar surface area (TPSA) is 85.9 Å². The number of carbonyl (C=O) groups is 2. The Hall–Kier alpha value is -3.22. The maximum atomic E-state index is 12.0. The summed E-state index contributed by atoms with van der Waals surface area (Å²) < 4.78 is 16.1. The second-order valence-electron chi connectivity index (χ2n) is 6.26. The summed E-state index contributed by atoms with van der Waals surface area (Å²) in [4.78, 5) is 23.9. The fourth-order valence-corrected chi connectivity index (χ4v) is 2.80. The van der Waals surface area contributed by atoms with Crippen LogP contribution in [0.25, 0.3) is 0 Å². The van der Waals surface area contributed by atoms with Crippen molar-refractivity contribution in [1.29, 1.82) is 0 Å². The van der Waals surface area contributed by atoms with E-state index in [2.05, 4.69) is 10.9 Å². The number of hydrogen-bond donors (Lipinski definition) is 2. The Kier molecular flexibility index (Phi) is 7.68. The second kappa shape index (κ2) is 10.2. The maximum absolute atomic E-state index is 12.0. The second-order valence-corrected chi connectivity index (χ2v) is 6.26. The van der Waals surface area contributed by atoms with Gasteiger partial charge in [-0.3, -0.25) is 20.4 Å². The molecule has 7 nitrogen and oxygen atoms in total. The van der Waals surface area contributed by atoms with Crippen LogP contribution in [0.3, 0.4) is 0 Å². The Balaban J connectivity index is 1.79. The van der Waals surface area contributed by atoms with Gasteiger partial charge in [0.25, 0.3) is 5.91 Å². The van der Waals surface area contributed by atoms with Gasteiger partial charge in [-0.2, -0.15) is 0 Å². The quantitative estimate of drug-likeness (QED) is 0.681. The molecule has 0 saturated carbocycles. The van der Waals surface area contributed by atoms with Crippen LogP contribution in [0.1, 0.15) is 23.1 Å². The van der Waals surface area contributed by atoms with Gasteiger partial charge in [0.15, 0.2) is 18.1 Å². The molecule has 2 aromatic carbocycles. The average Bonchev–Trinajstić information content (AvgIpc) is 2.69. The molecule has 0 aliphatic rings. The number of nitrogens with one attached hydrogen (secondary N) is 2. The first kappa shape index (κ1) is 21.1. The molecule has 2 aromatic rings. The molecule has 0 heterocycles. The largest absolute Gasteiger partial charge is 0.493 e. The Morgan fingerprint density at radius 1 is 0.857 bits per heavy atom. The van der Waals surface area contributed by atoms with Gasteiger partial charge in [-0.25, -0.2) is 0 Å². The zero-order valence-corrected chi connectivity index (χ0v) is 16.6. The lowest BCUT2D eigenvalue weighted by Crippen LogP contribution is -2.44. The summed E-state index contributed by atoms with van der Waals surface area (Å²) in [6.07, 6.45) is 0.628. The number of carbonyl (C=O) groups excluding carboxylic acids is 2. The van der Waals surface area contributed by atoms with Gasteiger partial charge >= 0.3 is 0 Å². The van der Waals surface area contributed by atoms with E-state index in [0.29, 0.717) is 23.7 Å². The van der Waals surface area contributed by atoms with Crippen LogP contribution in [0.4, 0.5) is 0 Å². The highest BCUT2D eigenvalue weighted by atomic mass is 16.5. The molecule has 0 radical (unpaired) electrons. The fraction of sp³-hybridized carbons (Fsp3) is 0.333. The number of methoxy groups -OCH3 is 2. The van der Waals surface area contributed by atoms with Crippen molar-refractivity contribution < 1.29 is 23.8 Å². The van der Waals surface area contributed by atoms with Crippen LogP contribution in [-0.2, 0) is 16.0 Å². The highest BCUT2D eigenvalue weighted by Crippen LogP contribution is 2.31. The van der Waals surface area contributed by atoms with Crippen molar-refractivity contribution >= 4 is 11.8 Å². The number of ether oxygens (including phenoxy) is 3. The lowest BCUT2D eigenvalue weighted by molar-refractivity contribution is -0.130. The molecule has 0 fully saturated rings. The molecular weight excluding hydrogens is 360 g/mol. The smallest absolute Gasteiger partial charge is 0.276 e. The predicted octanol–water partition coefficient (Wildman–Crippen LogP) is 2.48. The van der Waals surface area contributed by atoms with E-state index in [9.17, 15) is 9.59 Å². The Morgan fingerprint density at radius 3 is 2.14 bits per heavy atom. The molecular formula is C21H26N2O5. The van der Waals surface area contributed by atoms with Crippen LogP contribution in [0, 0.1) is 13.8 Å². The SMILES string of the molecule is COc1cccc(CCC(=O)NNC(=O)COc2c(C)cccc2C)c1OC. The van der Waals surface area contributed by atoms with Crippen LogP contribution in [0.5, 0.6) is 17.2 Å². The normalized spacial score (nSPS) is 10.1. The number of benzene rings is 2. The molecule has 7 heteroatoms. The first-order chi connectivity index (χ1) is 13.5. The molecule has 0 aliphatic heterocycles. The van der Waals surface area contributed by atoms with Gasteiger partial charge in [0, 0.05) is 6.42 Å². The lowest BCUT2D eigenvalue weighted by Gasteiger charge is -2.13. The Bertz CT molecular complexity index is 815. The third kappa shape index (κ3) is 5.64. The predicted molar refractivity (Wildman–Crippen MR) is 106 cm³/mol. The van der Waals surface area contributed by atoms with E-state index in [-0.39, 0.29) is 18.9 Å². The molecule has 2 rings (SSSR count). The van der Waals surface area contributed by atoms with Crippen molar-refractivity contribution in [2.75, 3.05) is 20.8 Å². The van der Waals surface area contributed by atoms with Crippen molar-refractivity contribution in [1.82, 2.24) is 10.9 Å². The van der Waals surface area contributed by atoms with Crippen molar-refractivity contribution in [3.63, 3.8) is 0 Å². The van der Waals surface area contributed by atoms with Crippen molar-refractivity contribution in [3.05, 3.63) is 53.1 Å². The van der Waals surface area contributed by atoms with Crippen molar-refractivity contribution in [2.45, 2.75) is 26.7 Å². The number of aryl methyl sites for hydroxylation is 3. The minimum Gasteiger partial charge on any atom is -0.493 e. The summed E-state index contributed by atoms with van der Waals surface area (Å²) >= 11 is 0. The minimum atomic E-state index is -0.435. The maximum Gasteiger partial charge on any atom is 0.276 e. The summed E-state index contributed by atoms with van der Waals surface area (Å²) in [5, 5.41) is 0. The van der Waals surface area contributed by atoms with E-state index in [0.717, 1.165) is 16.7 Å². The van der Waals surface area contributed by atoms with Crippen LogP contribution in [0.2, 0.25) is 0 Å². The monoisotopic (exact) mass is 386 g/mol. The molecule has 0 aliphatic carbocycles. The zero-order chi connectivity index (χ0) is 20.5. The minimum absolute atomic E-state index is 0.182. The number of amides is 2. The van der Waals surface area contributed by atoms with Gasteiger partial charge in [0.1, 0.15) is 5.75 Å². The van der Waals surface area contributed by atoms with E-state index >= 15 is 0 Å². The lowest BCUT2D eigenvalue weighted by atomic mass is 10.1. The molecule has 2 amide bonds. The number of rotatable bonds is 8. The van der Waals surface area contributed by atoms with Gasteiger partial charge < -0.3 is 14.2 Å². The van der Waals surface area contributed by atoms with Gasteiger partial charge in [0.2, 0.25) is 5.91 Å². The summed E-state index contributed by atoms with van der Waals surface area (Å²) in [6, 6.07) is 11.2. The first-order valence-electron chi connectivity index (χ1n) is 8.92. The molecule has 0 spiro atoms. The van der Waals surface area contributed by atoms with Crippen molar-refractivity contribution in [2.24, 2.45) is 0 Å². The van der Waals surface area contributed by atoms with Crippen molar-refractivity contribution in [3.8, 4) is 17.2 Å². The van der Waals surface area contributed by atoms with Gasteiger partial charge in [-0.15, -0.1) is 0 Å². The van der Waals surface area contributed by atoms with E-state index in [1.165, 1.54) is 0 Å². The average molecular weight is 386 g/mol. The van der Waals surface area contributed by atoms with E-state index in [1.54, 1.807) is 20.3 Å². The number of para-hydroxylation sites is 2. The zero-order valence-electron chi connectivity index (χ0n) is 16.6. The molecule has 0 atom stereocenters. The Labute approximate surface area is 165 Å². The highest BCUT2D eigenvalue weighted by Gasteiger charge is 2.12. The fourth-order valence-electron chi connectivity index (χ4n) is 2.80. The van der Waals surface area contributed by atoms with Gasteiger partial charge in [-0.1, -0.05) is 30.3 Å². The molecule has 150 valence electrons.